The van der Waals surface area contributed by atoms with E-state index in [1.54, 1.807) is 50.2 Å². The van der Waals surface area contributed by atoms with E-state index < -0.39 is 10.0 Å². The molecule has 0 spiro atoms. The zero-order valence-electron chi connectivity index (χ0n) is 19.6. The Morgan fingerprint density at radius 2 is 1.74 bits per heavy atom. The van der Waals surface area contributed by atoms with E-state index in [0.29, 0.717) is 42.4 Å². The van der Waals surface area contributed by atoms with Gasteiger partial charge in [0.25, 0.3) is 0 Å². The molecule has 0 aliphatic carbocycles. The first kappa shape index (κ1) is 23.7. The van der Waals surface area contributed by atoms with Crippen LogP contribution in [0.25, 0.3) is 0 Å². The number of sulfonamides is 1. The molecule has 0 unspecified atom stereocenters. The number of aryl methyl sites for hydroxylation is 3. The van der Waals surface area contributed by atoms with Gasteiger partial charge in [-0.15, -0.1) is 0 Å². The molecule has 0 saturated heterocycles. The van der Waals surface area contributed by atoms with E-state index in [0.717, 1.165) is 22.5 Å². The van der Waals surface area contributed by atoms with Gasteiger partial charge in [0, 0.05) is 48.8 Å². The van der Waals surface area contributed by atoms with Crippen LogP contribution in [0.5, 0.6) is 0 Å². The molecule has 1 aliphatic heterocycles. The second-order valence-corrected chi connectivity index (χ2v) is 9.99. The lowest BCUT2D eigenvalue weighted by Crippen LogP contribution is -2.31. The maximum absolute atomic E-state index is 12.5. The number of amides is 1. The number of benzene rings is 2. The number of hydrogen-bond acceptors (Lipinski definition) is 7. The van der Waals surface area contributed by atoms with Crippen molar-refractivity contribution in [1.82, 2.24) is 14.7 Å². The molecule has 4 rings (SSSR count). The van der Waals surface area contributed by atoms with Crippen molar-refractivity contribution in [3.8, 4) is 0 Å². The van der Waals surface area contributed by atoms with Crippen LogP contribution in [0.1, 0.15) is 30.0 Å². The Hall–Kier alpha value is -3.50. The van der Waals surface area contributed by atoms with E-state index in [2.05, 4.69) is 25.3 Å². The zero-order valence-corrected chi connectivity index (χ0v) is 20.5. The summed E-state index contributed by atoms with van der Waals surface area (Å²) in [7, 11) is -1.80. The summed E-state index contributed by atoms with van der Waals surface area (Å²) in [5, 5.41) is 6.44. The van der Waals surface area contributed by atoms with Crippen molar-refractivity contribution in [2.75, 3.05) is 29.1 Å². The predicted molar refractivity (Wildman–Crippen MR) is 134 cm³/mol. The predicted octanol–water partition coefficient (Wildman–Crippen LogP) is 3.79. The first-order valence-corrected chi connectivity index (χ1v) is 12.5. The van der Waals surface area contributed by atoms with Crippen molar-refractivity contribution >= 4 is 44.8 Å². The molecule has 1 amide bonds. The number of carbonyl (C=O) groups is 1. The number of anilines is 5. The highest BCUT2D eigenvalue weighted by molar-refractivity contribution is 7.89. The summed E-state index contributed by atoms with van der Waals surface area (Å²) in [5.41, 5.74) is 4.97. The van der Waals surface area contributed by atoms with Crippen molar-refractivity contribution in [2.24, 2.45) is 0 Å². The molecule has 178 valence electrons. The first-order chi connectivity index (χ1) is 16.2. The average Bonchev–Trinajstić information content (AvgIpc) is 2.80. The van der Waals surface area contributed by atoms with Gasteiger partial charge in [0.15, 0.2) is 0 Å². The number of aromatic nitrogens is 2. The Bertz CT molecular complexity index is 1360. The van der Waals surface area contributed by atoms with Gasteiger partial charge >= 0.3 is 0 Å². The Balaban J connectivity index is 1.57. The van der Waals surface area contributed by atoms with Crippen LogP contribution in [0.4, 0.5) is 28.8 Å². The van der Waals surface area contributed by atoms with Gasteiger partial charge in [-0.2, -0.15) is 4.98 Å². The summed E-state index contributed by atoms with van der Waals surface area (Å²) in [6, 6.07) is 11.0. The number of nitrogens with one attached hydrogen (secondary N) is 3. The van der Waals surface area contributed by atoms with Gasteiger partial charge in [0.05, 0.1) is 4.90 Å². The molecule has 10 heteroatoms. The van der Waals surface area contributed by atoms with Crippen LogP contribution in [-0.4, -0.2) is 37.9 Å². The molecule has 0 atom stereocenters. The minimum Gasteiger partial charge on any atom is -0.340 e. The minimum absolute atomic E-state index is 0.119. The second kappa shape index (κ2) is 9.40. The molecule has 1 aromatic heterocycles. The van der Waals surface area contributed by atoms with E-state index >= 15 is 0 Å². The van der Waals surface area contributed by atoms with Gasteiger partial charge in [-0.25, -0.2) is 18.1 Å². The average molecular weight is 481 g/mol. The maximum atomic E-state index is 12.5. The van der Waals surface area contributed by atoms with E-state index in [9.17, 15) is 13.2 Å². The molecule has 0 fully saturated rings. The van der Waals surface area contributed by atoms with Crippen molar-refractivity contribution in [1.29, 1.82) is 0 Å². The SMILES string of the molecule is CCNS(=O)(=O)c1cc(Nc2ncc(C)c(Nc3ccc4c(c3)CCC(=O)N4C)n2)ccc1C. The molecule has 1 aliphatic rings. The molecule has 9 nitrogen and oxygen atoms in total. The summed E-state index contributed by atoms with van der Waals surface area (Å²) < 4.78 is 27.5. The summed E-state index contributed by atoms with van der Waals surface area (Å²) in [4.78, 5) is 22.8. The monoisotopic (exact) mass is 480 g/mol. The minimum atomic E-state index is -3.59. The van der Waals surface area contributed by atoms with Crippen LogP contribution in [0.2, 0.25) is 0 Å². The second-order valence-electron chi connectivity index (χ2n) is 8.25. The van der Waals surface area contributed by atoms with Gasteiger partial charge in [-0.1, -0.05) is 13.0 Å². The highest BCUT2D eigenvalue weighted by Gasteiger charge is 2.21. The number of rotatable bonds is 7. The van der Waals surface area contributed by atoms with Crippen molar-refractivity contribution in [3.63, 3.8) is 0 Å². The quantitative estimate of drug-likeness (QED) is 0.471. The highest BCUT2D eigenvalue weighted by Crippen LogP contribution is 2.31. The Morgan fingerprint density at radius 1 is 1.00 bits per heavy atom. The molecule has 2 heterocycles. The third-order valence-corrected chi connectivity index (χ3v) is 7.41. The highest BCUT2D eigenvalue weighted by atomic mass is 32.2. The molecule has 3 N–H and O–H groups in total. The number of fused-ring (bicyclic) bond motifs is 1. The van der Waals surface area contributed by atoms with E-state index in [4.69, 9.17) is 0 Å². The Labute approximate surface area is 199 Å². The normalized spacial score (nSPS) is 13.5. The molecule has 0 radical (unpaired) electrons. The van der Waals surface area contributed by atoms with E-state index in [1.165, 1.54) is 0 Å². The van der Waals surface area contributed by atoms with Crippen LogP contribution >= 0.6 is 0 Å². The van der Waals surface area contributed by atoms with Gasteiger partial charge in [-0.3, -0.25) is 4.79 Å². The van der Waals surface area contributed by atoms with Crippen LogP contribution in [0.3, 0.4) is 0 Å². The topological polar surface area (TPSA) is 116 Å². The zero-order chi connectivity index (χ0) is 24.5. The number of carbonyl (C=O) groups excluding carboxylic acids is 1. The van der Waals surface area contributed by atoms with Gasteiger partial charge in [0.2, 0.25) is 21.9 Å². The largest absolute Gasteiger partial charge is 0.340 e. The van der Waals surface area contributed by atoms with Crippen LogP contribution in [-0.2, 0) is 21.2 Å². The Morgan fingerprint density at radius 3 is 2.50 bits per heavy atom. The molecule has 0 saturated carbocycles. The number of nitrogens with zero attached hydrogens (tertiary/aromatic N) is 3. The van der Waals surface area contributed by atoms with Gasteiger partial charge < -0.3 is 15.5 Å². The maximum Gasteiger partial charge on any atom is 0.240 e. The summed E-state index contributed by atoms with van der Waals surface area (Å²) in [6.07, 6.45) is 2.90. The number of hydrogen-bond donors (Lipinski definition) is 3. The first-order valence-electron chi connectivity index (χ1n) is 11.1. The molecular formula is C24H28N6O3S. The molecule has 0 bridgehead atoms. The molecule has 2 aromatic carbocycles. The van der Waals surface area contributed by atoms with Gasteiger partial charge in [-0.05, 0) is 61.7 Å². The van der Waals surface area contributed by atoms with Gasteiger partial charge in [0.1, 0.15) is 5.82 Å². The van der Waals surface area contributed by atoms with Crippen molar-refractivity contribution in [2.45, 2.75) is 38.5 Å². The lowest BCUT2D eigenvalue weighted by molar-refractivity contribution is -0.118. The fourth-order valence-corrected chi connectivity index (χ4v) is 5.17. The lowest BCUT2D eigenvalue weighted by atomic mass is 10.0. The van der Waals surface area contributed by atoms with E-state index in [-0.39, 0.29) is 10.8 Å². The summed E-state index contributed by atoms with van der Waals surface area (Å²) >= 11 is 0. The smallest absolute Gasteiger partial charge is 0.240 e. The lowest BCUT2D eigenvalue weighted by Gasteiger charge is -2.26. The van der Waals surface area contributed by atoms with Crippen LogP contribution in [0.15, 0.2) is 47.5 Å². The van der Waals surface area contributed by atoms with Crippen LogP contribution < -0.4 is 20.3 Å². The third kappa shape index (κ3) is 4.87. The fourth-order valence-electron chi connectivity index (χ4n) is 3.86. The van der Waals surface area contributed by atoms with E-state index in [1.807, 2.05) is 25.1 Å². The summed E-state index contributed by atoms with van der Waals surface area (Å²) in [5.74, 6) is 1.09. The molecular weight excluding hydrogens is 452 g/mol. The summed E-state index contributed by atoms with van der Waals surface area (Å²) in [6.45, 7) is 5.71. The fraction of sp³-hybridized carbons (Fsp3) is 0.292. The Kier molecular flexibility index (Phi) is 6.54. The standard InChI is InChI=1S/C24H28N6O3S/c1-5-26-34(32,33)21-13-19(8-6-15(21)2)28-24-25-14-16(3)23(29-24)27-18-9-10-20-17(12-18)7-11-22(31)30(20)4/h6,8-10,12-14,26H,5,7,11H2,1-4H3,(H2,25,27,28,29). The molecule has 3 aromatic rings. The third-order valence-electron chi connectivity index (χ3n) is 5.73. The van der Waals surface area contributed by atoms with Crippen molar-refractivity contribution in [3.05, 3.63) is 59.3 Å². The van der Waals surface area contributed by atoms with Crippen LogP contribution in [0, 0.1) is 13.8 Å². The molecule has 34 heavy (non-hydrogen) atoms. The van der Waals surface area contributed by atoms with Crippen molar-refractivity contribution < 1.29 is 13.2 Å².